The highest BCUT2D eigenvalue weighted by molar-refractivity contribution is 6.20. The highest BCUT2D eigenvalue weighted by Gasteiger charge is 2.27. The first-order valence-electron chi connectivity index (χ1n) is 4.24. The number of ether oxygens (including phenoxy) is 1. The summed E-state index contributed by atoms with van der Waals surface area (Å²) < 4.78 is 39.1. The zero-order valence-electron chi connectivity index (χ0n) is 7.53. The Labute approximate surface area is 81.2 Å². The van der Waals surface area contributed by atoms with E-state index in [1.165, 1.54) is 0 Å². The van der Waals surface area contributed by atoms with Gasteiger partial charge in [-0.3, -0.25) is 0 Å². The highest BCUT2D eigenvalue weighted by atomic mass is 35.5. The summed E-state index contributed by atoms with van der Waals surface area (Å²) in [6.07, 6.45) is -2.10. The van der Waals surface area contributed by atoms with E-state index in [9.17, 15) is 13.2 Å². The summed E-state index contributed by atoms with van der Waals surface area (Å²) in [5.74, 6) is 0. The van der Waals surface area contributed by atoms with E-state index in [1.807, 2.05) is 6.92 Å². The molecule has 0 amide bonds. The van der Waals surface area contributed by atoms with Crippen LogP contribution in [0.4, 0.5) is 13.2 Å². The van der Waals surface area contributed by atoms with Crippen molar-refractivity contribution >= 4 is 11.6 Å². The molecule has 0 aromatic carbocycles. The number of alkyl halides is 4. The number of hydrogen-bond donors (Lipinski definition) is 0. The molecule has 0 aromatic rings. The quantitative estimate of drug-likeness (QED) is 0.491. The van der Waals surface area contributed by atoms with Crippen molar-refractivity contribution < 1.29 is 17.9 Å². The van der Waals surface area contributed by atoms with E-state index in [0.29, 0.717) is 12.8 Å². The number of hydrogen-bond acceptors (Lipinski definition) is 1. The van der Waals surface area contributed by atoms with Crippen LogP contribution >= 0.6 is 11.6 Å². The number of halogens is 4. The van der Waals surface area contributed by atoms with Gasteiger partial charge in [-0.25, -0.2) is 0 Å². The lowest BCUT2D eigenvalue weighted by Crippen LogP contribution is -2.17. The Bertz CT molecular complexity index is 127. The van der Waals surface area contributed by atoms with Crippen LogP contribution in [-0.4, -0.2) is 24.8 Å². The first-order chi connectivity index (χ1) is 5.95. The van der Waals surface area contributed by atoms with Crippen LogP contribution in [0.3, 0.4) is 0 Å². The summed E-state index contributed by atoms with van der Waals surface area (Å²) in [6, 6.07) is 0. The van der Waals surface area contributed by atoms with Crippen molar-refractivity contribution in [2.75, 3.05) is 13.2 Å². The zero-order valence-corrected chi connectivity index (χ0v) is 8.29. The number of rotatable bonds is 6. The van der Waals surface area contributed by atoms with Crippen molar-refractivity contribution in [3.05, 3.63) is 0 Å². The molecule has 0 bridgehead atoms. The second-order valence-corrected chi connectivity index (χ2v) is 3.43. The van der Waals surface area contributed by atoms with Crippen LogP contribution in [0, 0.1) is 0 Å². The third-order valence-electron chi connectivity index (χ3n) is 1.51. The summed E-state index contributed by atoms with van der Waals surface area (Å²) in [5, 5.41) is 0.0505. The Hall–Kier alpha value is 0.0400. The summed E-state index contributed by atoms with van der Waals surface area (Å²) in [6.45, 7) is 0.906. The molecular formula is C8H14ClF3O. The zero-order chi connectivity index (χ0) is 10.3. The van der Waals surface area contributed by atoms with E-state index < -0.39 is 12.8 Å². The fourth-order valence-corrected chi connectivity index (χ4v) is 0.953. The molecule has 13 heavy (non-hydrogen) atoms. The summed E-state index contributed by atoms with van der Waals surface area (Å²) in [4.78, 5) is 0. The molecule has 0 N–H and O–H groups in total. The van der Waals surface area contributed by atoms with Gasteiger partial charge in [-0.2, -0.15) is 13.2 Å². The Morgan fingerprint density at radius 1 is 1.38 bits per heavy atom. The van der Waals surface area contributed by atoms with Crippen LogP contribution in [0.5, 0.6) is 0 Å². The van der Waals surface area contributed by atoms with E-state index in [0.717, 1.165) is 6.42 Å². The molecule has 0 saturated heterocycles. The lowest BCUT2D eigenvalue weighted by atomic mass is 10.2. The SMILES string of the molecule is CCC(Cl)CCCOCC(F)(F)F. The Balaban J connectivity index is 3.18. The van der Waals surface area contributed by atoms with E-state index in [2.05, 4.69) is 4.74 Å². The Morgan fingerprint density at radius 3 is 2.46 bits per heavy atom. The molecule has 1 unspecified atom stereocenters. The van der Waals surface area contributed by atoms with Gasteiger partial charge in [-0.1, -0.05) is 6.92 Å². The second kappa shape index (κ2) is 6.49. The van der Waals surface area contributed by atoms with E-state index in [4.69, 9.17) is 11.6 Å². The van der Waals surface area contributed by atoms with Crippen molar-refractivity contribution in [3.8, 4) is 0 Å². The molecule has 0 spiro atoms. The van der Waals surface area contributed by atoms with Crippen molar-refractivity contribution in [3.63, 3.8) is 0 Å². The molecule has 0 heterocycles. The fourth-order valence-electron chi connectivity index (χ4n) is 0.799. The molecule has 0 aliphatic carbocycles. The molecule has 0 fully saturated rings. The molecule has 0 rings (SSSR count). The molecule has 1 atom stereocenters. The van der Waals surface area contributed by atoms with Crippen LogP contribution < -0.4 is 0 Å². The van der Waals surface area contributed by atoms with Gasteiger partial charge in [0.05, 0.1) is 0 Å². The van der Waals surface area contributed by atoms with Gasteiger partial charge in [0.1, 0.15) is 6.61 Å². The lowest BCUT2D eigenvalue weighted by Gasteiger charge is -2.08. The molecule has 80 valence electrons. The molecule has 0 aromatic heterocycles. The maximum Gasteiger partial charge on any atom is 0.411 e. The maximum absolute atomic E-state index is 11.6. The molecule has 0 radical (unpaired) electrons. The van der Waals surface area contributed by atoms with Crippen molar-refractivity contribution in [1.82, 2.24) is 0 Å². The van der Waals surface area contributed by atoms with Gasteiger partial charge in [0, 0.05) is 12.0 Å². The topological polar surface area (TPSA) is 9.23 Å². The van der Waals surface area contributed by atoms with Gasteiger partial charge < -0.3 is 4.74 Å². The minimum absolute atomic E-state index is 0.0505. The van der Waals surface area contributed by atoms with Gasteiger partial charge in [0.2, 0.25) is 0 Å². The minimum atomic E-state index is -4.22. The Kier molecular flexibility index (Phi) is 6.51. The van der Waals surface area contributed by atoms with Crippen LogP contribution in [0.2, 0.25) is 0 Å². The predicted octanol–water partition coefficient (Wildman–Crippen LogP) is 3.36. The summed E-state index contributed by atoms with van der Waals surface area (Å²) in [5.41, 5.74) is 0. The first kappa shape index (κ1) is 13.0. The molecular weight excluding hydrogens is 205 g/mol. The van der Waals surface area contributed by atoms with Crippen LogP contribution in [0.25, 0.3) is 0 Å². The maximum atomic E-state index is 11.6. The van der Waals surface area contributed by atoms with E-state index >= 15 is 0 Å². The summed E-state index contributed by atoms with van der Waals surface area (Å²) >= 11 is 5.76. The molecule has 0 aliphatic heterocycles. The van der Waals surface area contributed by atoms with Gasteiger partial charge >= 0.3 is 6.18 Å². The average molecular weight is 219 g/mol. The molecule has 1 nitrogen and oxygen atoms in total. The van der Waals surface area contributed by atoms with Gasteiger partial charge in [-0.15, -0.1) is 11.6 Å². The molecule has 5 heteroatoms. The second-order valence-electron chi connectivity index (χ2n) is 2.82. The average Bonchev–Trinajstić information content (AvgIpc) is 2.01. The predicted molar refractivity (Wildman–Crippen MR) is 46.0 cm³/mol. The molecule has 0 aliphatic rings. The summed E-state index contributed by atoms with van der Waals surface area (Å²) in [7, 11) is 0. The highest BCUT2D eigenvalue weighted by Crippen LogP contribution is 2.15. The fraction of sp³-hybridized carbons (Fsp3) is 1.00. The van der Waals surface area contributed by atoms with E-state index in [1.54, 1.807) is 0 Å². The first-order valence-corrected chi connectivity index (χ1v) is 4.68. The lowest BCUT2D eigenvalue weighted by molar-refractivity contribution is -0.174. The van der Waals surface area contributed by atoms with Gasteiger partial charge in [0.25, 0.3) is 0 Å². The normalized spacial score (nSPS) is 14.5. The van der Waals surface area contributed by atoms with Crippen molar-refractivity contribution in [1.29, 1.82) is 0 Å². The standard InChI is InChI=1S/C8H14ClF3O/c1-2-7(9)4-3-5-13-6-8(10,11)12/h7H,2-6H2,1H3. The van der Waals surface area contributed by atoms with Crippen LogP contribution in [-0.2, 0) is 4.74 Å². The molecule has 0 saturated carbocycles. The van der Waals surface area contributed by atoms with Crippen LogP contribution in [0.1, 0.15) is 26.2 Å². The minimum Gasteiger partial charge on any atom is -0.372 e. The van der Waals surface area contributed by atoms with E-state index in [-0.39, 0.29) is 12.0 Å². The van der Waals surface area contributed by atoms with Crippen LogP contribution in [0.15, 0.2) is 0 Å². The largest absolute Gasteiger partial charge is 0.411 e. The van der Waals surface area contributed by atoms with Crippen molar-refractivity contribution in [2.45, 2.75) is 37.7 Å². The third kappa shape index (κ3) is 9.96. The van der Waals surface area contributed by atoms with Gasteiger partial charge in [0.15, 0.2) is 0 Å². The van der Waals surface area contributed by atoms with Gasteiger partial charge in [-0.05, 0) is 19.3 Å². The monoisotopic (exact) mass is 218 g/mol. The Morgan fingerprint density at radius 2 is 2.00 bits per heavy atom. The van der Waals surface area contributed by atoms with Crippen molar-refractivity contribution in [2.24, 2.45) is 0 Å². The smallest absolute Gasteiger partial charge is 0.372 e. The third-order valence-corrected chi connectivity index (χ3v) is 2.04.